The average Bonchev–Trinajstić information content (AvgIpc) is 3.01. The quantitative estimate of drug-likeness (QED) is 0.703. The van der Waals surface area contributed by atoms with E-state index in [2.05, 4.69) is 5.16 Å². The summed E-state index contributed by atoms with van der Waals surface area (Å²) in [6.07, 6.45) is 0. The summed E-state index contributed by atoms with van der Waals surface area (Å²) in [5.41, 5.74) is 0.178. The molecule has 6 nitrogen and oxygen atoms in total. The van der Waals surface area contributed by atoms with Gasteiger partial charge < -0.3 is 9.63 Å². The van der Waals surface area contributed by atoms with Crippen LogP contribution in [0.2, 0.25) is 0 Å². The zero-order valence-electron chi connectivity index (χ0n) is 13.8. The third kappa shape index (κ3) is 3.46. The molecule has 27 heavy (non-hydrogen) atoms. The summed E-state index contributed by atoms with van der Waals surface area (Å²) in [4.78, 5) is -1.01. The minimum absolute atomic E-state index is 0.0313. The van der Waals surface area contributed by atoms with Crippen LogP contribution in [0.25, 0.3) is 22.4 Å². The van der Waals surface area contributed by atoms with E-state index in [1.807, 2.05) is 0 Å². The SMILES string of the molecule is Cc1cc(-c2noc(CO)c2-c2cc(F)c(S(N)(=O)=O)cc2F)ccc1F. The van der Waals surface area contributed by atoms with Crippen LogP contribution in [0.1, 0.15) is 11.3 Å². The molecule has 10 heteroatoms. The van der Waals surface area contributed by atoms with Gasteiger partial charge in [-0.15, -0.1) is 0 Å². The van der Waals surface area contributed by atoms with Crippen LogP contribution < -0.4 is 5.14 Å². The van der Waals surface area contributed by atoms with E-state index in [-0.39, 0.29) is 28.1 Å². The van der Waals surface area contributed by atoms with Crippen LogP contribution in [0, 0.1) is 24.4 Å². The Bertz CT molecular complexity index is 1140. The number of sulfonamides is 1. The lowest BCUT2D eigenvalue weighted by Crippen LogP contribution is -2.14. The lowest BCUT2D eigenvalue weighted by molar-refractivity contribution is 0.230. The second kappa shape index (κ2) is 6.80. The Balaban J connectivity index is 2.27. The maximum Gasteiger partial charge on any atom is 0.241 e. The molecular formula is C17H13F3N2O4S. The molecule has 3 rings (SSSR count). The first-order valence-electron chi connectivity index (χ1n) is 7.51. The summed E-state index contributed by atoms with van der Waals surface area (Å²) >= 11 is 0. The number of aryl methyl sites for hydroxylation is 1. The summed E-state index contributed by atoms with van der Waals surface area (Å²) < 4.78 is 70.0. The van der Waals surface area contributed by atoms with Crippen LogP contribution in [-0.2, 0) is 16.6 Å². The number of rotatable bonds is 4. The highest BCUT2D eigenvalue weighted by molar-refractivity contribution is 7.89. The van der Waals surface area contributed by atoms with Crippen molar-refractivity contribution in [3.63, 3.8) is 0 Å². The van der Waals surface area contributed by atoms with Gasteiger partial charge >= 0.3 is 0 Å². The second-order valence-electron chi connectivity index (χ2n) is 5.76. The molecule has 3 aromatic rings. The Morgan fingerprint density at radius 2 is 1.81 bits per heavy atom. The van der Waals surface area contributed by atoms with Crippen LogP contribution in [0.5, 0.6) is 0 Å². The molecule has 1 heterocycles. The molecule has 142 valence electrons. The van der Waals surface area contributed by atoms with E-state index in [9.17, 15) is 26.7 Å². The monoisotopic (exact) mass is 398 g/mol. The molecule has 0 aliphatic heterocycles. The molecular weight excluding hydrogens is 385 g/mol. The molecule has 0 atom stereocenters. The van der Waals surface area contributed by atoms with Gasteiger partial charge in [-0.2, -0.15) is 0 Å². The van der Waals surface area contributed by atoms with Crippen molar-refractivity contribution in [2.45, 2.75) is 18.4 Å². The number of primary sulfonamides is 1. The van der Waals surface area contributed by atoms with E-state index in [1.165, 1.54) is 25.1 Å². The van der Waals surface area contributed by atoms with Gasteiger partial charge in [0.1, 0.15) is 34.6 Å². The van der Waals surface area contributed by atoms with Gasteiger partial charge in [0, 0.05) is 11.1 Å². The van der Waals surface area contributed by atoms with Crippen molar-refractivity contribution in [1.29, 1.82) is 0 Å². The molecule has 0 amide bonds. The zero-order valence-corrected chi connectivity index (χ0v) is 14.6. The molecule has 0 spiro atoms. The number of nitrogens with zero attached hydrogens (tertiary/aromatic N) is 1. The van der Waals surface area contributed by atoms with Crippen molar-refractivity contribution >= 4 is 10.0 Å². The Morgan fingerprint density at radius 1 is 1.11 bits per heavy atom. The highest BCUT2D eigenvalue weighted by atomic mass is 32.2. The molecule has 0 fully saturated rings. The largest absolute Gasteiger partial charge is 0.388 e. The first-order valence-corrected chi connectivity index (χ1v) is 9.06. The molecule has 0 aliphatic rings. The van der Waals surface area contributed by atoms with Crippen molar-refractivity contribution in [3.8, 4) is 22.4 Å². The molecule has 0 radical (unpaired) electrons. The summed E-state index contributed by atoms with van der Waals surface area (Å²) in [6, 6.07) is 5.01. The second-order valence-corrected chi connectivity index (χ2v) is 7.29. The van der Waals surface area contributed by atoms with Crippen LogP contribution in [0.15, 0.2) is 39.8 Å². The Kier molecular flexibility index (Phi) is 4.81. The molecule has 2 aromatic carbocycles. The fourth-order valence-electron chi connectivity index (χ4n) is 2.64. The van der Waals surface area contributed by atoms with E-state index in [0.29, 0.717) is 17.7 Å². The minimum atomic E-state index is -4.48. The number of nitrogens with two attached hydrogens (primary N) is 1. The van der Waals surface area contributed by atoms with Gasteiger partial charge in [0.15, 0.2) is 5.76 Å². The van der Waals surface area contributed by atoms with Gasteiger partial charge in [-0.25, -0.2) is 26.7 Å². The maximum absolute atomic E-state index is 14.6. The number of aromatic nitrogens is 1. The fourth-order valence-corrected chi connectivity index (χ4v) is 3.24. The smallest absolute Gasteiger partial charge is 0.241 e. The van der Waals surface area contributed by atoms with Gasteiger partial charge in [-0.3, -0.25) is 0 Å². The van der Waals surface area contributed by atoms with Gasteiger partial charge in [-0.05, 0) is 42.8 Å². The first-order chi connectivity index (χ1) is 12.6. The van der Waals surface area contributed by atoms with E-state index in [1.54, 1.807) is 0 Å². The van der Waals surface area contributed by atoms with Crippen molar-refractivity contribution in [2.75, 3.05) is 0 Å². The van der Waals surface area contributed by atoms with E-state index in [4.69, 9.17) is 9.66 Å². The summed E-state index contributed by atoms with van der Waals surface area (Å²) in [5.74, 6) is -3.03. The lowest BCUT2D eigenvalue weighted by Gasteiger charge is -2.09. The van der Waals surface area contributed by atoms with Crippen LogP contribution >= 0.6 is 0 Å². The number of halogens is 3. The van der Waals surface area contributed by atoms with Gasteiger partial charge in [0.25, 0.3) is 0 Å². The zero-order chi connectivity index (χ0) is 19.9. The van der Waals surface area contributed by atoms with Crippen molar-refractivity contribution in [3.05, 3.63) is 59.1 Å². The third-order valence-electron chi connectivity index (χ3n) is 3.94. The fraction of sp³-hybridized carbons (Fsp3) is 0.118. The summed E-state index contributed by atoms with van der Waals surface area (Å²) in [6.45, 7) is 0.827. The number of hydrogen-bond acceptors (Lipinski definition) is 5. The summed E-state index contributed by atoms with van der Waals surface area (Å²) in [5, 5.41) is 18.1. The Hall–Kier alpha value is -2.69. The van der Waals surface area contributed by atoms with Gasteiger partial charge in [-0.1, -0.05) is 5.16 Å². The predicted molar refractivity (Wildman–Crippen MR) is 89.3 cm³/mol. The standard InChI is InChI=1S/C17H13F3N2O4S/c1-8-4-9(2-3-11(8)18)17-16(14(7-23)26-22-17)10-5-13(20)15(6-12(10)19)27(21,24)25/h2-6,23H,7H2,1H3,(H2,21,24,25). The number of hydrogen-bond donors (Lipinski definition) is 2. The maximum atomic E-state index is 14.6. The van der Waals surface area contributed by atoms with E-state index < -0.39 is 39.0 Å². The lowest BCUT2D eigenvalue weighted by atomic mass is 9.97. The molecule has 0 unspecified atom stereocenters. The normalized spacial score (nSPS) is 11.8. The number of benzene rings is 2. The summed E-state index contributed by atoms with van der Waals surface area (Å²) in [7, 11) is -4.48. The molecule has 0 saturated heterocycles. The minimum Gasteiger partial charge on any atom is -0.388 e. The van der Waals surface area contributed by atoms with Crippen molar-refractivity contribution < 1.29 is 31.2 Å². The number of aliphatic hydroxyl groups is 1. The van der Waals surface area contributed by atoms with Crippen LogP contribution in [0.4, 0.5) is 13.2 Å². The highest BCUT2D eigenvalue weighted by Gasteiger charge is 2.25. The van der Waals surface area contributed by atoms with Crippen molar-refractivity contribution in [1.82, 2.24) is 5.16 Å². The molecule has 3 N–H and O–H groups in total. The highest BCUT2D eigenvalue weighted by Crippen LogP contribution is 2.37. The Morgan fingerprint density at radius 3 is 2.41 bits per heavy atom. The molecule has 0 aliphatic carbocycles. The molecule has 1 aromatic heterocycles. The Labute approximate surface area is 152 Å². The van der Waals surface area contributed by atoms with Crippen LogP contribution in [-0.4, -0.2) is 18.7 Å². The average molecular weight is 398 g/mol. The van der Waals surface area contributed by atoms with Crippen LogP contribution in [0.3, 0.4) is 0 Å². The van der Waals surface area contributed by atoms with Gasteiger partial charge in [0.2, 0.25) is 10.0 Å². The van der Waals surface area contributed by atoms with Gasteiger partial charge in [0.05, 0.1) is 5.56 Å². The molecule has 0 saturated carbocycles. The molecule has 0 bridgehead atoms. The van der Waals surface area contributed by atoms with E-state index in [0.717, 1.165) is 0 Å². The number of aliphatic hydroxyl groups excluding tert-OH is 1. The first kappa shape index (κ1) is 19.1. The van der Waals surface area contributed by atoms with Crippen molar-refractivity contribution in [2.24, 2.45) is 5.14 Å². The predicted octanol–water partition coefficient (Wildman–Crippen LogP) is 2.87. The topological polar surface area (TPSA) is 106 Å². The van der Waals surface area contributed by atoms with E-state index >= 15 is 0 Å². The third-order valence-corrected chi connectivity index (χ3v) is 4.86.